The molecule has 0 saturated heterocycles. The van der Waals surface area contributed by atoms with Crippen molar-refractivity contribution < 1.29 is 4.79 Å². The predicted molar refractivity (Wildman–Crippen MR) is 62.7 cm³/mol. The lowest BCUT2D eigenvalue weighted by molar-refractivity contribution is -0.111. The molecule has 0 spiro atoms. The molecule has 3 heteroatoms. The number of rotatable bonds is 6. The fourth-order valence-electron chi connectivity index (χ4n) is 1.08. The molecule has 1 aromatic rings. The van der Waals surface area contributed by atoms with Gasteiger partial charge in [-0.1, -0.05) is 30.3 Å². The first-order chi connectivity index (χ1) is 6.79. The van der Waals surface area contributed by atoms with Gasteiger partial charge in [0.2, 0.25) is 5.24 Å². The lowest BCUT2D eigenvalue weighted by Gasteiger charge is -2.00. The summed E-state index contributed by atoms with van der Waals surface area (Å²) in [6, 6.07) is 10.3. The standard InChI is InChI=1S/C11H13ClOS/c12-11(13)7-4-8-14-9-10-5-2-1-3-6-10/h1-3,5-6H,4,7-9H2. The molecular formula is C11H13ClOS. The van der Waals surface area contributed by atoms with Crippen LogP contribution in [0.1, 0.15) is 18.4 Å². The number of thioether (sulfide) groups is 1. The zero-order chi connectivity index (χ0) is 10.2. The average Bonchev–Trinajstić information content (AvgIpc) is 2.18. The van der Waals surface area contributed by atoms with E-state index in [1.165, 1.54) is 5.56 Å². The molecule has 0 heterocycles. The van der Waals surface area contributed by atoms with Gasteiger partial charge in [-0.3, -0.25) is 4.79 Å². The molecule has 0 atom stereocenters. The molecule has 14 heavy (non-hydrogen) atoms. The molecule has 0 radical (unpaired) electrons. The first kappa shape index (κ1) is 11.6. The van der Waals surface area contributed by atoms with Crippen LogP contribution < -0.4 is 0 Å². The van der Waals surface area contributed by atoms with E-state index in [9.17, 15) is 4.79 Å². The number of carbonyl (C=O) groups is 1. The summed E-state index contributed by atoms with van der Waals surface area (Å²) < 4.78 is 0. The third-order valence-corrected chi connectivity index (χ3v) is 3.08. The van der Waals surface area contributed by atoms with Crippen molar-refractivity contribution in [2.24, 2.45) is 0 Å². The lowest BCUT2D eigenvalue weighted by atomic mass is 10.2. The molecule has 1 nitrogen and oxygen atoms in total. The topological polar surface area (TPSA) is 17.1 Å². The van der Waals surface area contributed by atoms with Gasteiger partial charge < -0.3 is 0 Å². The van der Waals surface area contributed by atoms with Crippen LogP contribution in [0.15, 0.2) is 30.3 Å². The van der Waals surface area contributed by atoms with E-state index in [4.69, 9.17) is 11.6 Å². The number of carbonyl (C=O) groups excluding carboxylic acids is 1. The monoisotopic (exact) mass is 228 g/mol. The Morgan fingerprint density at radius 3 is 2.64 bits per heavy atom. The largest absolute Gasteiger partial charge is 0.281 e. The van der Waals surface area contributed by atoms with E-state index in [2.05, 4.69) is 12.1 Å². The van der Waals surface area contributed by atoms with Gasteiger partial charge in [-0.2, -0.15) is 11.8 Å². The van der Waals surface area contributed by atoms with Crippen LogP contribution in [0.3, 0.4) is 0 Å². The van der Waals surface area contributed by atoms with Gasteiger partial charge in [-0.15, -0.1) is 0 Å². The van der Waals surface area contributed by atoms with Crippen LogP contribution in [0.25, 0.3) is 0 Å². The van der Waals surface area contributed by atoms with Gasteiger partial charge in [0, 0.05) is 12.2 Å². The maximum absolute atomic E-state index is 10.4. The highest BCUT2D eigenvalue weighted by Crippen LogP contribution is 2.13. The number of hydrogen-bond donors (Lipinski definition) is 0. The minimum absolute atomic E-state index is 0.231. The Labute approximate surface area is 93.8 Å². The number of hydrogen-bond acceptors (Lipinski definition) is 2. The van der Waals surface area contributed by atoms with Crippen molar-refractivity contribution in [3.8, 4) is 0 Å². The second-order valence-electron chi connectivity index (χ2n) is 3.00. The maximum Gasteiger partial charge on any atom is 0.221 e. The van der Waals surface area contributed by atoms with Crippen LogP contribution in [0.5, 0.6) is 0 Å². The van der Waals surface area contributed by atoms with Crippen molar-refractivity contribution in [1.82, 2.24) is 0 Å². The van der Waals surface area contributed by atoms with Crippen molar-refractivity contribution in [1.29, 1.82) is 0 Å². The second-order valence-corrected chi connectivity index (χ2v) is 4.52. The summed E-state index contributed by atoms with van der Waals surface area (Å²) in [5, 5.41) is -0.231. The van der Waals surface area contributed by atoms with Gasteiger partial charge in [-0.05, 0) is 29.3 Å². The summed E-state index contributed by atoms with van der Waals surface area (Å²) in [5.74, 6) is 2.00. The van der Waals surface area contributed by atoms with Crippen LogP contribution >= 0.6 is 23.4 Å². The zero-order valence-electron chi connectivity index (χ0n) is 7.91. The average molecular weight is 229 g/mol. The molecule has 0 aromatic heterocycles. The van der Waals surface area contributed by atoms with Crippen molar-refractivity contribution >= 4 is 28.6 Å². The summed E-state index contributed by atoms with van der Waals surface area (Å²) in [6.45, 7) is 0. The van der Waals surface area contributed by atoms with Crippen molar-refractivity contribution in [2.45, 2.75) is 18.6 Å². The maximum atomic E-state index is 10.4. The van der Waals surface area contributed by atoms with Gasteiger partial charge in [0.25, 0.3) is 0 Å². The molecule has 0 N–H and O–H groups in total. The fourth-order valence-corrected chi connectivity index (χ4v) is 2.13. The fraction of sp³-hybridized carbons (Fsp3) is 0.364. The number of benzene rings is 1. The lowest BCUT2D eigenvalue weighted by Crippen LogP contribution is -1.88. The summed E-state index contributed by atoms with van der Waals surface area (Å²) in [6.07, 6.45) is 1.36. The van der Waals surface area contributed by atoms with Gasteiger partial charge >= 0.3 is 0 Å². The second kappa shape index (κ2) is 6.91. The van der Waals surface area contributed by atoms with Crippen LogP contribution in [0.4, 0.5) is 0 Å². The third kappa shape index (κ3) is 5.30. The van der Waals surface area contributed by atoms with Crippen molar-refractivity contribution in [3.63, 3.8) is 0 Å². The minimum Gasteiger partial charge on any atom is -0.281 e. The molecule has 1 aromatic carbocycles. The number of halogens is 1. The Bertz CT molecular complexity index is 274. The molecule has 76 valence electrons. The highest BCUT2D eigenvalue weighted by Gasteiger charge is 1.96. The molecule has 1 rings (SSSR count). The summed E-state index contributed by atoms with van der Waals surface area (Å²) in [4.78, 5) is 10.4. The highest BCUT2D eigenvalue weighted by molar-refractivity contribution is 7.98. The Balaban J connectivity index is 2.08. The molecule has 0 amide bonds. The first-order valence-electron chi connectivity index (χ1n) is 4.59. The molecule has 0 aliphatic carbocycles. The summed E-state index contributed by atoms with van der Waals surface area (Å²) in [5.41, 5.74) is 1.33. The van der Waals surface area contributed by atoms with Crippen LogP contribution in [-0.2, 0) is 10.5 Å². The van der Waals surface area contributed by atoms with Gasteiger partial charge in [0.15, 0.2) is 0 Å². The van der Waals surface area contributed by atoms with Crippen LogP contribution in [-0.4, -0.2) is 11.0 Å². The molecule has 0 fully saturated rings. The van der Waals surface area contributed by atoms with Gasteiger partial charge in [-0.25, -0.2) is 0 Å². The molecule has 0 aliphatic heterocycles. The Morgan fingerprint density at radius 1 is 1.29 bits per heavy atom. The van der Waals surface area contributed by atoms with Crippen LogP contribution in [0.2, 0.25) is 0 Å². The quantitative estimate of drug-likeness (QED) is 0.548. The summed E-state index contributed by atoms with van der Waals surface area (Å²) in [7, 11) is 0. The predicted octanol–water partition coefficient (Wildman–Crippen LogP) is 3.47. The molecule has 0 bridgehead atoms. The summed E-state index contributed by atoms with van der Waals surface area (Å²) >= 11 is 7.06. The van der Waals surface area contributed by atoms with Gasteiger partial charge in [0.05, 0.1) is 0 Å². The Kier molecular flexibility index (Phi) is 5.72. The Morgan fingerprint density at radius 2 is 2.00 bits per heavy atom. The van der Waals surface area contributed by atoms with Crippen molar-refractivity contribution in [3.05, 3.63) is 35.9 Å². The van der Waals surface area contributed by atoms with Crippen molar-refractivity contribution in [2.75, 3.05) is 5.75 Å². The van der Waals surface area contributed by atoms with E-state index in [1.807, 2.05) is 30.0 Å². The molecule has 0 unspecified atom stereocenters. The highest BCUT2D eigenvalue weighted by atomic mass is 35.5. The third-order valence-electron chi connectivity index (χ3n) is 1.77. The van der Waals surface area contributed by atoms with E-state index in [0.29, 0.717) is 6.42 Å². The van der Waals surface area contributed by atoms with E-state index in [1.54, 1.807) is 0 Å². The minimum atomic E-state index is -0.231. The van der Waals surface area contributed by atoms with E-state index < -0.39 is 0 Å². The molecule has 0 saturated carbocycles. The molecule has 0 aliphatic rings. The van der Waals surface area contributed by atoms with Crippen LogP contribution in [0, 0.1) is 0 Å². The normalized spacial score (nSPS) is 10.1. The SMILES string of the molecule is O=C(Cl)CCCSCc1ccccc1. The Hall–Kier alpha value is -0.470. The zero-order valence-corrected chi connectivity index (χ0v) is 9.48. The van der Waals surface area contributed by atoms with Gasteiger partial charge in [0.1, 0.15) is 0 Å². The first-order valence-corrected chi connectivity index (χ1v) is 6.12. The van der Waals surface area contributed by atoms with E-state index in [-0.39, 0.29) is 5.24 Å². The molecular weight excluding hydrogens is 216 g/mol. The van der Waals surface area contributed by atoms with E-state index in [0.717, 1.165) is 17.9 Å². The van der Waals surface area contributed by atoms with E-state index >= 15 is 0 Å². The smallest absolute Gasteiger partial charge is 0.221 e.